The molecular weight excluding hydrogens is 270 g/mol. The van der Waals surface area contributed by atoms with E-state index in [1.165, 1.54) is 11.1 Å². The summed E-state index contributed by atoms with van der Waals surface area (Å²) < 4.78 is 5.13. The van der Waals surface area contributed by atoms with E-state index in [2.05, 4.69) is 41.7 Å². The van der Waals surface area contributed by atoms with Crippen molar-refractivity contribution in [3.63, 3.8) is 0 Å². The van der Waals surface area contributed by atoms with E-state index in [4.69, 9.17) is 4.74 Å². The molecule has 0 amide bonds. The van der Waals surface area contributed by atoms with Gasteiger partial charge in [0, 0.05) is 13.1 Å². The van der Waals surface area contributed by atoms with E-state index < -0.39 is 0 Å². The molecule has 2 rings (SSSR count). The van der Waals surface area contributed by atoms with E-state index >= 15 is 0 Å². The number of hydrogen-bond donors (Lipinski definition) is 1. The molecule has 0 saturated carbocycles. The Morgan fingerprint density at radius 2 is 1.70 bits per heavy atom. The molecule has 2 nitrogen and oxygen atoms in total. The van der Waals surface area contributed by atoms with Gasteiger partial charge in [-0.25, -0.2) is 0 Å². The summed E-state index contributed by atoms with van der Waals surface area (Å²) in [4.78, 5) is 0. The lowest BCUT2D eigenvalue weighted by Gasteiger charge is -2.04. The molecule has 20 heavy (non-hydrogen) atoms. The summed E-state index contributed by atoms with van der Waals surface area (Å²) >= 11 is 0. The van der Waals surface area contributed by atoms with Crippen molar-refractivity contribution < 1.29 is 4.74 Å². The van der Waals surface area contributed by atoms with Gasteiger partial charge in [0.2, 0.25) is 0 Å². The van der Waals surface area contributed by atoms with Crippen molar-refractivity contribution in [2.75, 3.05) is 13.7 Å². The Kier molecular flexibility index (Phi) is 7.48. The van der Waals surface area contributed by atoms with Gasteiger partial charge in [0.1, 0.15) is 5.75 Å². The van der Waals surface area contributed by atoms with Gasteiger partial charge in [0.25, 0.3) is 0 Å². The first kappa shape index (κ1) is 16.3. The average Bonchev–Trinajstić information content (AvgIpc) is 2.49. The Hall–Kier alpha value is -1.77. The molecule has 0 radical (unpaired) electrons. The second kappa shape index (κ2) is 9.18. The molecule has 0 aromatic heterocycles. The van der Waals surface area contributed by atoms with Gasteiger partial charge in [0.05, 0.1) is 7.11 Å². The van der Waals surface area contributed by atoms with Crippen LogP contribution < -0.4 is 10.1 Å². The summed E-state index contributed by atoms with van der Waals surface area (Å²) in [6, 6.07) is 18.4. The minimum Gasteiger partial charge on any atom is -0.497 e. The van der Waals surface area contributed by atoms with Gasteiger partial charge in [-0.05, 0) is 23.3 Å². The average molecular weight is 290 g/mol. The van der Waals surface area contributed by atoms with Crippen molar-refractivity contribution in [3.8, 4) is 5.75 Å². The minimum atomic E-state index is 0. The first-order valence-corrected chi connectivity index (χ1v) is 6.44. The third-order valence-electron chi connectivity index (χ3n) is 2.86. The number of ether oxygens (including phenoxy) is 1. The summed E-state index contributed by atoms with van der Waals surface area (Å²) in [6.07, 6.45) is 4.26. The number of halogens is 1. The van der Waals surface area contributed by atoms with Crippen molar-refractivity contribution >= 4 is 18.5 Å². The van der Waals surface area contributed by atoms with Crippen LogP contribution in [-0.2, 0) is 6.54 Å². The van der Waals surface area contributed by atoms with E-state index in [-0.39, 0.29) is 12.4 Å². The molecular formula is C17H20ClNO. The molecule has 0 heterocycles. The second-order valence-electron chi connectivity index (χ2n) is 4.29. The van der Waals surface area contributed by atoms with Crippen LogP contribution in [0.2, 0.25) is 0 Å². The molecule has 0 unspecified atom stereocenters. The topological polar surface area (TPSA) is 21.3 Å². The molecule has 0 atom stereocenters. The van der Waals surface area contributed by atoms with Crippen LogP contribution >= 0.6 is 12.4 Å². The second-order valence-corrected chi connectivity index (χ2v) is 4.29. The zero-order valence-electron chi connectivity index (χ0n) is 11.6. The Labute approximate surface area is 126 Å². The molecule has 1 N–H and O–H groups in total. The van der Waals surface area contributed by atoms with Crippen molar-refractivity contribution in [1.82, 2.24) is 5.32 Å². The van der Waals surface area contributed by atoms with E-state index in [0.29, 0.717) is 0 Å². The van der Waals surface area contributed by atoms with Crippen molar-refractivity contribution in [3.05, 3.63) is 71.8 Å². The van der Waals surface area contributed by atoms with Crippen LogP contribution in [0.5, 0.6) is 5.75 Å². The quantitative estimate of drug-likeness (QED) is 0.814. The first-order chi connectivity index (χ1) is 9.38. The van der Waals surface area contributed by atoms with Crippen LogP contribution in [0.25, 0.3) is 6.08 Å². The molecule has 0 spiro atoms. The van der Waals surface area contributed by atoms with Crippen molar-refractivity contribution in [2.45, 2.75) is 6.54 Å². The predicted molar refractivity (Wildman–Crippen MR) is 87.4 cm³/mol. The highest BCUT2D eigenvalue weighted by Crippen LogP contribution is 2.10. The molecule has 106 valence electrons. The van der Waals surface area contributed by atoms with Gasteiger partial charge in [0.15, 0.2) is 0 Å². The summed E-state index contributed by atoms with van der Waals surface area (Å²) in [5, 5.41) is 3.38. The van der Waals surface area contributed by atoms with Gasteiger partial charge < -0.3 is 10.1 Å². The van der Waals surface area contributed by atoms with Crippen LogP contribution in [0.1, 0.15) is 11.1 Å². The fraction of sp³-hybridized carbons (Fsp3) is 0.176. The maximum Gasteiger partial charge on any atom is 0.118 e. The van der Waals surface area contributed by atoms with Crippen molar-refractivity contribution in [2.24, 2.45) is 0 Å². The molecule has 0 fully saturated rings. The van der Waals surface area contributed by atoms with E-state index in [9.17, 15) is 0 Å². The smallest absolute Gasteiger partial charge is 0.118 e. The van der Waals surface area contributed by atoms with Gasteiger partial charge >= 0.3 is 0 Å². The lowest BCUT2D eigenvalue weighted by Crippen LogP contribution is -2.12. The standard InChI is InChI=1S/C17H19NO.ClH/c1-19-17-11-9-16(10-12-17)14-18-13-5-8-15-6-3-2-4-7-15;/h2-12,18H,13-14H2,1H3;1H. The van der Waals surface area contributed by atoms with Crippen molar-refractivity contribution in [1.29, 1.82) is 0 Å². The molecule has 0 aliphatic heterocycles. The SMILES string of the molecule is COc1ccc(CNCC=Cc2ccccc2)cc1.Cl. The number of methoxy groups -OCH3 is 1. The summed E-state index contributed by atoms with van der Waals surface area (Å²) in [7, 11) is 1.68. The maximum atomic E-state index is 5.13. The van der Waals surface area contributed by atoms with Gasteiger partial charge in [-0.1, -0.05) is 54.6 Å². The van der Waals surface area contributed by atoms with Gasteiger partial charge in [-0.2, -0.15) is 0 Å². The highest BCUT2D eigenvalue weighted by Gasteiger charge is 1.93. The van der Waals surface area contributed by atoms with Gasteiger partial charge in [-0.15, -0.1) is 12.4 Å². The number of rotatable bonds is 6. The zero-order valence-corrected chi connectivity index (χ0v) is 12.4. The molecule has 2 aromatic rings. The summed E-state index contributed by atoms with van der Waals surface area (Å²) in [6.45, 7) is 1.73. The number of benzene rings is 2. The normalized spacial score (nSPS) is 10.2. The molecule has 2 aromatic carbocycles. The lowest BCUT2D eigenvalue weighted by molar-refractivity contribution is 0.414. The highest BCUT2D eigenvalue weighted by molar-refractivity contribution is 5.85. The predicted octanol–water partition coefficient (Wildman–Crippen LogP) is 3.92. The molecule has 0 aliphatic rings. The Morgan fingerprint density at radius 3 is 2.35 bits per heavy atom. The van der Waals surface area contributed by atoms with Crippen LogP contribution in [0, 0.1) is 0 Å². The Bertz CT molecular complexity index is 508. The van der Waals surface area contributed by atoms with E-state index in [1.807, 2.05) is 30.3 Å². The summed E-state index contributed by atoms with van der Waals surface area (Å²) in [5.41, 5.74) is 2.49. The van der Waals surface area contributed by atoms with Crippen LogP contribution in [0.4, 0.5) is 0 Å². The third kappa shape index (κ3) is 5.47. The monoisotopic (exact) mass is 289 g/mol. The maximum absolute atomic E-state index is 5.13. The first-order valence-electron chi connectivity index (χ1n) is 6.44. The van der Waals surface area contributed by atoms with E-state index in [1.54, 1.807) is 7.11 Å². The lowest BCUT2D eigenvalue weighted by atomic mass is 10.2. The fourth-order valence-electron chi connectivity index (χ4n) is 1.80. The van der Waals surface area contributed by atoms with Gasteiger partial charge in [-0.3, -0.25) is 0 Å². The number of hydrogen-bond acceptors (Lipinski definition) is 2. The van der Waals surface area contributed by atoms with Crippen LogP contribution in [-0.4, -0.2) is 13.7 Å². The highest BCUT2D eigenvalue weighted by atomic mass is 35.5. The number of nitrogens with one attached hydrogen (secondary N) is 1. The van der Waals surface area contributed by atoms with Crippen LogP contribution in [0.15, 0.2) is 60.7 Å². The Balaban J connectivity index is 0.00000200. The Morgan fingerprint density at radius 1 is 1.00 bits per heavy atom. The molecule has 0 bridgehead atoms. The summed E-state index contributed by atoms with van der Waals surface area (Å²) in [5.74, 6) is 0.896. The molecule has 0 saturated heterocycles. The zero-order chi connectivity index (χ0) is 13.3. The molecule has 3 heteroatoms. The van der Waals surface area contributed by atoms with E-state index in [0.717, 1.165) is 18.8 Å². The fourth-order valence-corrected chi connectivity index (χ4v) is 1.80. The largest absolute Gasteiger partial charge is 0.497 e. The van der Waals surface area contributed by atoms with Crippen LogP contribution in [0.3, 0.4) is 0 Å². The minimum absolute atomic E-state index is 0. The third-order valence-corrected chi connectivity index (χ3v) is 2.86. The molecule has 0 aliphatic carbocycles.